The molecule has 0 fully saturated rings. The Bertz CT molecular complexity index is 1050. The number of carboxylic acids is 1. The molecule has 1 aliphatic rings. The predicted molar refractivity (Wildman–Crippen MR) is 140 cm³/mol. The number of thioether (sulfide) groups is 2. The molecular weight excluding hydrogens is 516 g/mol. The molecule has 2 aromatic rings. The molecule has 0 saturated heterocycles. The van der Waals surface area contributed by atoms with E-state index in [1.807, 2.05) is 60.7 Å². The fraction of sp³-hybridized carbons (Fsp3) is 0.308. The summed E-state index contributed by atoms with van der Waals surface area (Å²) >= 11 is 2.56. The van der Waals surface area contributed by atoms with Crippen molar-refractivity contribution in [3.63, 3.8) is 0 Å². The summed E-state index contributed by atoms with van der Waals surface area (Å²) in [5, 5.41) is 11.0. The highest BCUT2D eigenvalue weighted by atomic mass is 32.2. The van der Waals surface area contributed by atoms with Crippen molar-refractivity contribution in [3.8, 4) is 0 Å². The summed E-state index contributed by atoms with van der Waals surface area (Å²) in [6, 6.07) is 18.9. The number of carboxylic acid groups (broad SMARTS) is 1. The Morgan fingerprint density at radius 3 is 1.78 bits per heavy atom. The zero-order chi connectivity index (χ0) is 26.5. The van der Waals surface area contributed by atoms with Crippen LogP contribution in [0.2, 0.25) is 0 Å². The van der Waals surface area contributed by atoms with Crippen LogP contribution in [0.3, 0.4) is 0 Å². The first-order valence-electron chi connectivity index (χ1n) is 11.7. The minimum absolute atomic E-state index is 0.0806. The van der Waals surface area contributed by atoms with Gasteiger partial charge in [-0.1, -0.05) is 59.9 Å². The van der Waals surface area contributed by atoms with E-state index in [9.17, 15) is 19.2 Å². The first-order chi connectivity index (χ1) is 18.0. The summed E-state index contributed by atoms with van der Waals surface area (Å²) in [6.45, 7) is 1.01. The van der Waals surface area contributed by atoms with Gasteiger partial charge in [0.15, 0.2) is 0 Å². The van der Waals surface area contributed by atoms with E-state index in [2.05, 4.69) is 5.32 Å². The Kier molecular flexibility index (Phi) is 11.7. The summed E-state index contributed by atoms with van der Waals surface area (Å²) in [6.07, 6.45) is -0.0113. The van der Waals surface area contributed by atoms with E-state index in [4.69, 9.17) is 14.6 Å². The van der Waals surface area contributed by atoms with Crippen molar-refractivity contribution >= 4 is 47.2 Å². The molecule has 1 aliphatic heterocycles. The second-order valence-corrected chi connectivity index (χ2v) is 9.89. The largest absolute Gasteiger partial charge is 0.481 e. The van der Waals surface area contributed by atoms with Crippen LogP contribution < -0.4 is 5.32 Å². The van der Waals surface area contributed by atoms with E-state index in [1.165, 1.54) is 28.4 Å². The minimum Gasteiger partial charge on any atom is -0.481 e. The molecule has 0 spiro atoms. The number of amides is 3. The predicted octanol–water partition coefficient (Wildman–Crippen LogP) is 3.17. The van der Waals surface area contributed by atoms with Crippen molar-refractivity contribution in [2.24, 2.45) is 0 Å². The van der Waals surface area contributed by atoms with Crippen LogP contribution in [0.1, 0.15) is 12.8 Å². The first kappa shape index (κ1) is 28.5. The highest BCUT2D eigenvalue weighted by Gasteiger charge is 2.39. The maximum Gasteiger partial charge on any atom is 0.305 e. The lowest BCUT2D eigenvalue weighted by atomic mass is 10.4. The highest BCUT2D eigenvalue weighted by molar-refractivity contribution is 8.08. The van der Waals surface area contributed by atoms with Gasteiger partial charge in [0.25, 0.3) is 11.8 Å². The highest BCUT2D eigenvalue weighted by Crippen LogP contribution is 2.42. The van der Waals surface area contributed by atoms with E-state index < -0.39 is 5.97 Å². The molecule has 1 heterocycles. The zero-order valence-corrected chi connectivity index (χ0v) is 21.7. The molecule has 0 radical (unpaired) electrons. The summed E-state index contributed by atoms with van der Waals surface area (Å²) in [5.41, 5.74) is 0. The molecule has 0 aliphatic carbocycles. The molecule has 37 heavy (non-hydrogen) atoms. The van der Waals surface area contributed by atoms with Crippen LogP contribution in [-0.2, 0) is 28.7 Å². The van der Waals surface area contributed by atoms with E-state index in [0.29, 0.717) is 9.81 Å². The van der Waals surface area contributed by atoms with Crippen LogP contribution in [0.5, 0.6) is 0 Å². The second-order valence-electron chi connectivity index (χ2n) is 7.72. The average molecular weight is 545 g/mol. The number of carbonyl (C=O) groups is 4. The Morgan fingerprint density at radius 2 is 1.27 bits per heavy atom. The van der Waals surface area contributed by atoms with Gasteiger partial charge in [0.05, 0.1) is 49.2 Å². The number of aliphatic carboxylic acids is 1. The number of hydrogen-bond acceptors (Lipinski definition) is 8. The van der Waals surface area contributed by atoms with Crippen LogP contribution in [-0.4, -0.2) is 73.2 Å². The standard InChI is InChI=1S/C26H28N2O7S2/c29-21(27-13-11-22(30)31)12-15-34-17-18-35-16-14-28-25(32)23(36-19-7-3-1-4-8-19)24(26(28)33)37-20-9-5-2-6-10-20/h1-10H,11-18H2,(H,27,29)(H,30,31). The van der Waals surface area contributed by atoms with Crippen molar-refractivity contribution in [1.29, 1.82) is 0 Å². The molecule has 0 unspecified atom stereocenters. The molecule has 0 aromatic heterocycles. The van der Waals surface area contributed by atoms with Crippen molar-refractivity contribution < 1.29 is 33.8 Å². The molecule has 11 heteroatoms. The maximum absolute atomic E-state index is 13.2. The van der Waals surface area contributed by atoms with Crippen molar-refractivity contribution in [2.75, 3.05) is 39.5 Å². The van der Waals surface area contributed by atoms with Crippen LogP contribution in [0.15, 0.2) is 80.3 Å². The molecular formula is C26H28N2O7S2. The number of imide groups is 1. The third-order valence-electron chi connectivity index (χ3n) is 4.98. The van der Waals surface area contributed by atoms with Gasteiger partial charge >= 0.3 is 5.97 Å². The fourth-order valence-electron chi connectivity index (χ4n) is 3.17. The van der Waals surface area contributed by atoms with Crippen molar-refractivity contribution in [2.45, 2.75) is 22.6 Å². The molecule has 2 N–H and O–H groups in total. The summed E-state index contributed by atoms with van der Waals surface area (Å²) in [7, 11) is 0. The van der Waals surface area contributed by atoms with Gasteiger partial charge in [-0.05, 0) is 24.3 Å². The molecule has 0 bridgehead atoms. The lowest BCUT2D eigenvalue weighted by molar-refractivity contribution is -0.138. The van der Waals surface area contributed by atoms with Gasteiger partial charge in [-0.25, -0.2) is 0 Å². The number of nitrogens with zero attached hydrogens (tertiary/aromatic N) is 1. The van der Waals surface area contributed by atoms with Crippen LogP contribution in [0.4, 0.5) is 0 Å². The maximum atomic E-state index is 13.2. The van der Waals surface area contributed by atoms with Crippen LogP contribution in [0.25, 0.3) is 0 Å². The van der Waals surface area contributed by atoms with Crippen molar-refractivity contribution in [3.05, 3.63) is 70.5 Å². The number of hydrogen-bond donors (Lipinski definition) is 2. The Morgan fingerprint density at radius 1 is 0.757 bits per heavy atom. The monoisotopic (exact) mass is 544 g/mol. The fourth-order valence-corrected chi connectivity index (χ4v) is 5.23. The van der Waals surface area contributed by atoms with Gasteiger partial charge in [-0.3, -0.25) is 24.1 Å². The van der Waals surface area contributed by atoms with Gasteiger partial charge in [-0.15, -0.1) is 0 Å². The number of benzene rings is 2. The Balaban J connectivity index is 1.44. The van der Waals surface area contributed by atoms with Gasteiger partial charge in [0.2, 0.25) is 5.91 Å². The number of carbonyl (C=O) groups excluding carboxylic acids is 3. The number of ether oxygens (including phenoxy) is 2. The van der Waals surface area contributed by atoms with Gasteiger partial charge in [0.1, 0.15) is 0 Å². The third-order valence-corrected chi connectivity index (χ3v) is 7.29. The zero-order valence-electron chi connectivity index (χ0n) is 20.1. The minimum atomic E-state index is -0.973. The van der Waals surface area contributed by atoms with E-state index in [-0.39, 0.29) is 70.1 Å². The smallest absolute Gasteiger partial charge is 0.305 e. The Hall–Kier alpha value is -3.12. The number of rotatable bonds is 16. The quantitative estimate of drug-likeness (QED) is 0.242. The summed E-state index contributed by atoms with van der Waals surface area (Å²) in [5.74, 6) is -1.94. The van der Waals surface area contributed by atoms with Crippen LogP contribution in [0, 0.1) is 0 Å². The molecule has 0 saturated carbocycles. The SMILES string of the molecule is O=C(O)CCNC(=O)CCOCCOCCN1C(=O)C(Sc2ccccc2)=C(Sc2ccccc2)C1=O. The van der Waals surface area contributed by atoms with Crippen LogP contribution >= 0.6 is 23.5 Å². The van der Waals surface area contributed by atoms with E-state index in [0.717, 1.165) is 9.79 Å². The van der Waals surface area contributed by atoms with E-state index >= 15 is 0 Å². The molecule has 3 amide bonds. The molecule has 0 atom stereocenters. The second kappa shape index (κ2) is 15.2. The molecule has 9 nitrogen and oxygen atoms in total. The van der Waals surface area contributed by atoms with Gasteiger partial charge in [0, 0.05) is 22.8 Å². The lowest BCUT2D eigenvalue weighted by Gasteiger charge is -2.15. The average Bonchev–Trinajstić information content (AvgIpc) is 3.10. The van der Waals surface area contributed by atoms with Crippen molar-refractivity contribution in [1.82, 2.24) is 10.2 Å². The van der Waals surface area contributed by atoms with E-state index in [1.54, 1.807) is 0 Å². The Labute approximate surface area is 223 Å². The molecule has 196 valence electrons. The van der Waals surface area contributed by atoms with Gasteiger partial charge < -0.3 is 19.9 Å². The molecule has 3 rings (SSSR count). The summed E-state index contributed by atoms with van der Waals surface area (Å²) in [4.78, 5) is 52.1. The molecule has 2 aromatic carbocycles. The summed E-state index contributed by atoms with van der Waals surface area (Å²) < 4.78 is 10.9. The first-order valence-corrected chi connectivity index (χ1v) is 13.3. The third kappa shape index (κ3) is 9.36. The normalized spacial score (nSPS) is 13.4. The lowest BCUT2D eigenvalue weighted by Crippen LogP contribution is -2.34. The topological polar surface area (TPSA) is 122 Å². The van der Waals surface area contributed by atoms with Gasteiger partial charge in [-0.2, -0.15) is 0 Å². The number of nitrogens with one attached hydrogen (secondary N) is 1.